The molecule has 2 unspecified atom stereocenters. The number of carbonyl (C=O) groups excluding carboxylic acids is 1. The van der Waals surface area contributed by atoms with Crippen LogP contribution in [0.25, 0.3) is 0 Å². The molecule has 114 valence electrons. The van der Waals surface area contributed by atoms with Gasteiger partial charge in [-0.15, -0.1) is 0 Å². The third kappa shape index (κ3) is 4.09. The molecule has 1 heterocycles. The predicted molar refractivity (Wildman–Crippen MR) is 77.6 cm³/mol. The van der Waals surface area contributed by atoms with Crippen molar-refractivity contribution >= 4 is 11.6 Å². The van der Waals surface area contributed by atoms with Crippen molar-refractivity contribution in [3.63, 3.8) is 0 Å². The van der Waals surface area contributed by atoms with Crippen LogP contribution in [-0.4, -0.2) is 40.9 Å². The fraction of sp³-hybridized carbons (Fsp3) is 0.467. The van der Waals surface area contributed by atoms with Crippen LogP contribution in [-0.2, 0) is 0 Å². The Morgan fingerprint density at radius 1 is 1.43 bits per heavy atom. The number of Topliss-reactive ketones (excluding diaryl/α,β-unsaturated/α-hetero) is 1. The molecule has 1 aliphatic heterocycles. The van der Waals surface area contributed by atoms with Crippen LogP contribution >= 0.6 is 0 Å². The fourth-order valence-electron chi connectivity index (χ4n) is 2.60. The number of hydrogen-bond acceptors (Lipinski definition) is 4. The van der Waals surface area contributed by atoms with E-state index in [-0.39, 0.29) is 23.4 Å². The molecule has 1 aromatic rings. The summed E-state index contributed by atoms with van der Waals surface area (Å²) in [4.78, 5) is 14.2. The maximum Gasteiger partial charge on any atom is 0.166 e. The molecule has 0 saturated carbocycles. The van der Waals surface area contributed by atoms with E-state index in [9.17, 15) is 14.3 Å². The van der Waals surface area contributed by atoms with E-state index in [0.29, 0.717) is 37.9 Å². The summed E-state index contributed by atoms with van der Waals surface area (Å²) in [7, 11) is 0. The summed E-state index contributed by atoms with van der Waals surface area (Å²) in [5, 5.41) is 17.3. The standard InChI is InChI=1S/C15H20FN3O2/c16-12-3-1-10(2-4-12)15(21)11-5-7-19(14(20)9-11)8-6-13(17)18/h1-4,11,14,20H,5-9H2,(H3,17,18). The molecule has 2 rings (SSSR count). The third-order valence-electron chi connectivity index (χ3n) is 3.85. The fourth-order valence-corrected chi connectivity index (χ4v) is 2.60. The number of aliphatic hydroxyl groups is 1. The van der Waals surface area contributed by atoms with Crippen LogP contribution in [0.15, 0.2) is 24.3 Å². The summed E-state index contributed by atoms with van der Waals surface area (Å²) in [6.45, 7) is 1.11. The van der Waals surface area contributed by atoms with E-state index in [4.69, 9.17) is 11.1 Å². The molecule has 4 N–H and O–H groups in total. The summed E-state index contributed by atoms with van der Waals surface area (Å²) in [6, 6.07) is 5.50. The first kappa shape index (κ1) is 15.6. The molecule has 21 heavy (non-hydrogen) atoms. The number of nitrogens with two attached hydrogens (primary N) is 1. The highest BCUT2D eigenvalue weighted by Crippen LogP contribution is 2.25. The van der Waals surface area contributed by atoms with Gasteiger partial charge in [0.1, 0.15) is 12.0 Å². The van der Waals surface area contributed by atoms with Gasteiger partial charge in [0.05, 0.1) is 5.84 Å². The molecule has 6 heteroatoms. The Labute approximate surface area is 123 Å². The number of hydrogen-bond donors (Lipinski definition) is 3. The van der Waals surface area contributed by atoms with Crippen LogP contribution in [0.5, 0.6) is 0 Å². The second kappa shape index (κ2) is 6.78. The molecule has 5 nitrogen and oxygen atoms in total. The molecule has 1 aromatic carbocycles. The van der Waals surface area contributed by atoms with Gasteiger partial charge in [-0.1, -0.05) is 0 Å². The molecule has 0 aromatic heterocycles. The summed E-state index contributed by atoms with van der Waals surface area (Å²) in [6.07, 6.45) is 0.708. The van der Waals surface area contributed by atoms with Gasteiger partial charge in [0.15, 0.2) is 5.78 Å². The Morgan fingerprint density at radius 3 is 2.67 bits per heavy atom. The summed E-state index contributed by atoms with van der Waals surface area (Å²) in [5.74, 6) is -0.586. The first-order chi connectivity index (χ1) is 9.97. The van der Waals surface area contributed by atoms with E-state index >= 15 is 0 Å². The highest BCUT2D eigenvalue weighted by Gasteiger charge is 2.31. The lowest BCUT2D eigenvalue weighted by Crippen LogP contribution is -2.45. The molecule has 2 atom stereocenters. The topological polar surface area (TPSA) is 90.4 Å². The zero-order valence-corrected chi connectivity index (χ0v) is 11.8. The van der Waals surface area contributed by atoms with Gasteiger partial charge in [0.2, 0.25) is 0 Å². The minimum Gasteiger partial charge on any atom is -0.388 e. The quantitative estimate of drug-likeness (QED) is 0.434. The van der Waals surface area contributed by atoms with Gasteiger partial charge in [-0.2, -0.15) is 0 Å². The number of likely N-dealkylation sites (tertiary alicyclic amines) is 1. The number of benzene rings is 1. The minimum absolute atomic E-state index is 0.0553. The zero-order valence-electron chi connectivity index (χ0n) is 11.8. The largest absolute Gasteiger partial charge is 0.388 e. The normalized spacial score (nSPS) is 23.0. The molecule has 1 aliphatic rings. The van der Waals surface area contributed by atoms with E-state index in [1.807, 2.05) is 4.90 Å². The third-order valence-corrected chi connectivity index (χ3v) is 3.85. The molecule has 1 saturated heterocycles. The maximum atomic E-state index is 12.9. The van der Waals surface area contributed by atoms with Gasteiger partial charge >= 0.3 is 0 Å². The van der Waals surface area contributed by atoms with E-state index in [2.05, 4.69) is 0 Å². The van der Waals surface area contributed by atoms with Gasteiger partial charge in [0.25, 0.3) is 0 Å². The molecular weight excluding hydrogens is 273 g/mol. The van der Waals surface area contributed by atoms with Crippen LogP contribution in [0.4, 0.5) is 4.39 Å². The number of carbonyl (C=O) groups is 1. The van der Waals surface area contributed by atoms with E-state index < -0.39 is 6.23 Å². The summed E-state index contributed by atoms with van der Waals surface area (Å²) < 4.78 is 12.9. The Kier molecular flexibility index (Phi) is 5.03. The van der Waals surface area contributed by atoms with E-state index in [1.165, 1.54) is 24.3 Å². The molecule has 0 aliphatic carbocycles. The van der Waals surface area contributed by atoms with Crippen LogP contribution in [0.2, 0.25) is 0 Å². The lowest BCUT2D eigenvalue weighted by Gasteiger charge is -2.35. The van der Waals surface area contributed by atoms with Crippen molar-refractivity contribution in [2.45, 2.75) is 25.5 Å². The van der Waals surface area contributed by atoms with Gasteiger partial charge in [-0.25, -0.2) is 4.39 Å². The maximum absolute atomic E-state index is 12.9. The van der Waals surface area contributed by atoms with Crippen molar-refractivity contribution in [1.29, 1.82) is 5.41 Å². The van der Waals surface area contributed by atoms with Crippen molar-refractivity contribution in [2.75, 3.05) is 13.1 Å². The molecule has 0 spiro atoms. The first-order valence-electron chi connectivity index (χ1n) is 7.02. The average molecular weight is 293 g/mol. The Hall–Kier alpha value is -1.79. The monoisotopic (exact) mass is 293 g/mol. The van der Waals surface area contributed by atoms with Crippen LogP contribution in [0, 0.1) is 17.1 Å². The number of halogens is 1. The second-order valence-corrected chi connectivity index (χ2v) is 5.38. The highest BCUT2D eigenvalue weighted by atomic mass is 19.1. The number of amidine groups is 1. The van der Waals surface area contributed by atoms with Crippen LogP contribution < -0.4 is 5.73 Å². The molecule has 0 bridgehead atoms. The van der Waals surface area contributed by atoms with Crippen molar-refractivity contribution in [2.24, 2.45) is 11.7 Å². The number of ketones is 1. The average Bonchev–Trinajstić information content (AvgIpc) is 2.46. The summed E-state index contributed by atoms with van der Waals surface area (Å²) in [5.41, 5.74) is 5.79. The van der Waals surface area contributed by atoms with Gasteiger partial charge < -0.3 is 10.8 Å². The number of piperidine rings is 1. The smallest absolute Gasteiger partial charge is 0.166 e. The molecule has 0 radical (unpaired) electrons. The van der Waals surface area contributed by atoms with Crippen molar-refractivity contribution in [3.8, 4) is 0 Å². The first-order valence-corrected chi connectivity index (χ1v) is 7.02. The number of rotatable bonds is 5. The van der Waals surface area contributed by atoms with Crippen LogP contribution in [0.3, 0.4) is 0 Å². The second-order valence-electron chi connectivity index (χ2n) is 5.38. The number of aliphatic hydroxyl groups excluding tert-OH is 1. The number of nitrogens with zero attached hydrogens (tertiary/aromatic N) is 1. The molecular formula is C15H20FN3O2. The van der Waals surface area contributed by atoms with Crippen molar-refractivity contribution in [3.05, 3.63) is 35.6 Å². The predicted octanol–water partition coefficient (Wildman–Crippen LogP) is 1.36. The van der Waals surface area contributed by atoms with E-state index in [0.717, 1.165) is 0 Å². The Morgan fingerprint density at radius 2 is 2.10 bits per heavy atom. The Balaban J connectivity index is 1.93. The van der Waals surface area contributed by atoms with Gasteiger partial charge in [-0.05, 0) is 37.1 Å². The lowest BCUT2D eigenvalue weighted by molar-refractivity contribution is -0.0364. The highest BCUT2D eigenvalue weighted by molar-refractivity contribution is 5.97. The Bertz CT molecular complexity index is 518. The zero-order chi connectivity index (χ0) is 15.4. The SMILES string of the molecule is N=C(N)CCN1CCC(C(=O)c2ccc(F)cc2)CC1O. The van der Waals surface area contributed by atoms with Crippen molar-refractivity contribution < 1.29 is 14.3 Å². The minimum atomic E-state index is -0.701. The van der Waals surface area contributed by atoms with Crippen LogP contribution in [0.1, 0.15) is 29.6 Å². The van der Waals surface area contributed by atoms with E-state index in [1.54, 1.807) is 0 Å². The van der Waals surface area contributed by atoms with Gasteiger partial charge in [0, 0.05) is 31.0 Å². The molecule has 1 fully saturated rings. The molecule has 0 amide bonds. The lowest BCUT2D eigenvalue weighted by atomic mass is 9.88. The summed E-state index contributed by atoms with van der Waals surface area (Å²) >= 11 is 0. The van der Waals surface area contributed by atoms with Crippen molar-refractivity contribution in [1.82, 2.24) is 4.90 Å². The van der Waals surface area contributed by atoms with Gasteiger partial charge in [-0.3, -0.25) is 15.1 Å². The number of nitrogens with one attached hydrogen (secondary N) is 1.